The fraction of sp³-hybridized carbons (Fsp3) is 0.455. The Hall–Kier alpha value is -0.860. The zero-order chi connectivity index (χ0) is 8.67. The lowest BCUT2D eigenvalue weighted by Crippen LogP contribution is -2.16. The molecule has 0 amide bonds. The number of benzene rings is 1. The van der Waals surface area contributed by atoms with Crippen LogP contribution in [-0.2, 0) is 9.47 Å². The monoisotopic (exact) mass is 176 g/mol. The second-order valence-corrected chi connectivity index (χ2v) is 3.61. The number of hydrogen-bond acceptors (Lipinski definition) is 2. The molecule has 1 unspecified atom stereocenters. The van der Waals surface area contributed by atoms with Crippen molar-refractivity contribution in [1.82, 2.24) is 0 Å². The first-order valence-electron chi connectivity index (χ1n) is 4.75. The molecular formula is C11H12O2. The third-order valence-corrected chi connectivity index (χ3v) is 2.78. The Labute approximate surface area is 77.5 Å². The van der Waals surface area contributed by atoms with Crippen LogP contribution in [0.2, 0.25) is 0 Å². The van der Waals surface area contributed by atoms with Gasteiger partial charge in [-0.3, -0.25) is 0 Å². The third-order valence-electron chi connectivity index (χ3n) is 2.78. The molecule has 2 aliphatic rings. The number of rotatable bonds is 1. The smallest absolute Gasteiger partial charge is 0.0939 e. The van der Waals surface area contributed by atoms with E-state index in [1.54, 1.807) is 0 Å². The summed E-state index contributed by atoms with van der Waals surface area (Å²) in [5.41, 5.74) is 1.35. The van der Waals surface area contributed by atoms with E-state index in [2.05, 4.69) is 24.3 Å². The molecule has 2 nitrogen and oxygen atoms in total. The van der Waals surface area contributed by atoms with Gasteiger partial charge in [0.05, 0.1) is 25.4 Å². The molecule has 1 aliphatic heterocycles. The molecule has 68 valence electrons. The Morgan fingerprint density at radius 2 is 1.54 bits per heavy atom. The molecule has 1 saturated carbocycles. The van der Waals surface area contributed by atoms with Gasteiger partial charge in [-0.05, 0) is 5.56 Å². The van der Waals surface area contributed by atoms with Crippen molar-refractivity contribution < 1.29 is 9.47 Å². The average molecular weight is 176 g/mol. The minimum atomic E-state index is 0.330. The molecule has 1 aliphatic carbocycles. The molecule has 0 bridgehead atoms. The van der Waals surface area contributed by atoms with Gasteiger partial charge >= 0.3 is 0 Å². The van der Waals surface area contributed by atoms with Gasteiger partial charge in [0, 0.05) is 5.92 Å². The minimum Gasteiger partial charge on any atom is -0.372 e. The standard InChI is InChI=1S/C11H12O2/c1-2-4-8(5-3-1)9-10-11(9)13-7-6-12-10/h1-5,9-11H,6-7H2/t9?,10-,11+. The Bertz CT molecular complexity index is 284. The second-order valence-electron chi connectivity index (χ2n) is 3.61. The predicted octanol–water partition coefficient (Wildman–Crippen LogP) is 1.57. The topological polar surface area (TPSA) is 18.5 Å². The molecule has 0 radical (unpaired) electrons. The van der Waals surface area contributed by atoms with E-state index in [0.717, 1.165) is 13.2 Å². The summed E-state index contributed by atoms with van der Waals surface area (Å²) in [5, 5.41) is 0. The largest absolute Gasteiger partial charge is 0.372 e. The fourth-order valence-corrected chi connectivity index (χ4v) is 2.08. The van der Waals surface area contributed by atoms with Crippen LogP contribution in [0, 0.1) is 0 Å². The summed E-state index contributed by atoms with van der Waals surface area (Å²) >= 11 is 0. The molecule has 1 saturated heterocycles. The minimum absolute atomic E-state index is 0.330. The van der Waals surface area contributed by atoms with Gasteiger partial charge < -0.3 is 9.47 Å². The van der Waals surface area contributed by atoms with Crippen molar-refractivity contribution >= 4 is 0 Å². The van der Waals surface area contributed by atoms with E-state index in [4.69, 9.17) is 9.47 Å². The van der Waals surface area contributed by atoms with Crippen LogP contribution in [0.1, 0.15) is 11.5 Å². The van der Waals surface area contributed by atoms with Gasteiger partial charge in [0.25, 0.3) is 0 Å². The summed E-state index contributed by atoms with van der Waals surface area (Å²) in [6, 6.07) is 10.5. The summed E-state index contributed by atoms with van der Waals surface area (Å²) in [6.45, 7) is 1.51. The summed E-state index contributed by atoms with van der Waals surface area (Å²) in [7, 11) is 0. The first-order valence-corrected chi connectivity index (χ1v) is 4.75. The van der Waals surface area contributed by atoms with Crippen molar-refractivity contribution in [2.75, 3.05) is 13.2 Å². The van der Waals surface area contributed by atoms with E-state index in [0.29, 0.717) is 18.1 Å². The highest BCUT2D eigenvalue weighted by atomic mass is 16.6. The Balaban J connectivity index is 1.82. The van der Waals surface area contributed by atoms with Crippen LogP contribution >= 0.6 is 0 Å². The van der Waals surface area contributed by atoms with Crippen molar-refractivity contribution in [2.24, 2.45) is 0 Å². The third kappa shape index (κ3) is 1.18. The number of ether oxygens (including phenoxy) is 2. The highest BCUT2D eigenvalue weighted by Gasteiger charge is 2.55. The molecule has 1 aromatic carbocycles. The maximum absolute atomic E-state index is 5.59. The quantitative estimate of drug-likeness (QED) is 0.646. The first-order chi connectivity index (χ1) is 6.47. The molecule has 0 aromatic heterocycles. The Morgan fingerprint density at radius 1 is 0.923 bits per heavy atom. The van der Waals surface area contributed by atoms with Gasteiger partial charge in [0.15, 0.2) is 0 Å². The molecule has 1 aromatic rings. The maximum atomic E-state index is 5.59. The van der Waals surface area contributed by atoms with Crippen molar-refractivity contribution in [3.63, 3.8) is 0 Å². The van der Waals surface area contributed by atoms with E-state index in [-0.39, 0.29) is 0 Å². The molecule has 13 heavy (non-hydrogen) atoms. The van der Waals surface area contributed by atoms with Crippen molar-refractivity contribution in [1.29, 1.82) is 0 Å². The number of hydrogen-bond donors (Lipinski definition) is 0. The van der Waals surface area contributed by atoms with Gasteiger partial charge in [0.1, 0.15) is 0 Å². The molecule has 0 spiro atoms. The van der Waals surface area contributed by atoms with E-state index < -0.39 is 0 Å². The average Bonchev–Trinajstić information content (AvgIpc) is 2.93. The van der Waals surface area contributed by atoms with E-state index >= 15 is 0 Å². The second kappa shape index (κ2) is 2.82. The molecule has 3 atom stereocenters. The van der Waals surface area contributed by atoms with Crippen LogP contribution in [0.15, 0.2) is 30.3 Å². The van der Waals surface area contributed by atoms with E-state index in [1.165, 1.54) is 5.56 Å². The Morgan fingerprint density at radius 3 is 2.15 bits per heavy atom. The summed E-state index contributed by atoms with van der Waals surface area (Å²) < 4.78 is 11.2. The van der Waals surface area contributed by atoms with Crippen molar-refractivity contribution in [2.45, 2.75) is 18.1 Å². The lowest BCUT2D eigenvalue weighted by Gasteiger charge is -2.08. The molecule has 0 N–H and O–H groups in total. The van der Waals surface area contributed by atoms with Crippen LogP contribution in [0.25, 0.3) is 0 Å². The molecule has 3 rings (SSSR count). The normalized spacial score (nSPS) is 36.8. The lowest BCUT2D eigenvalue weighted by atomic mass is 10.1. The van der Waals surface area contributed by atoms with Crippen LogP contribution in [-0.4, -0.2) is 25.4 Å². The zero-order valence-corrected chi connectivity index (χ0v) is 7.35. The zero-order valence-electron chi connectivity index (χ0n) is 7.35. The fourth-order valence-electron chi connectivity index (χ4n) is 2.08. The summed E-state index contributed by atoms with van der Waals surface area (Å²) in [5.74, 6) is 0.490. The first kappa shape index (κ1) is 7.54. The van der Waals surface area contributed by atoms with Crippen LogP contribution in [0.5, 0.6) is 0 Å². The molecular weight excluding hydrogens is 164 g/mol. The number of fused-ring (bicyclic) bond motifs is 1. The molecule has 2 fully saturated rings. The highest BCUT2D eigenvalue weighted by molar-refractivity contribution is 5.31. The highest BCUT2D eigenvalue weighted by Crippen LogP contribution is 2.47. The molecule has 2 heteroatoms. The van der Waals surface area contributed by atoms with Crippen LogP contribution < -0.4 is 0 Å². The molecule has 1 heterocycles. The lowest BCUT2D eigenvalue weighted by molar-refractivity contribution is -0.0376. The maximum Gasteiger partial charge on any atom is 0.0939 e. The van der Waals surface area contributed by atoms with E-state index in [9.17, 15) is 0 Å². The van der Waals surface area contributed by atoms with Gasteiger partial charge in [-0.1, -0.05) is 30.3 Å². The summed E-state index contributed by atoms with van der Waals surface area (Å²) in [6.07, 6.45) is 0.660. The van der Waals surface area contributed by atoms with Gasteiger partial charge in [-0.15, -0.1) is 0 Å². The van der Waals surface area contributed by atoms with Gasteiger partial charge in [0.2, 0.25) is 0 Å². The van der Waals surface area contributed by atoms with Crippen molar-refractivity contribution in [3.05, 3.63) is 35.9 Å². The predicted molar refractivity (Wildman–Crippen MR) is 48.7 cm³/mol. The van der Waals surface area contributed by atoms with Crippen LogP contribution in [0.3, 0.4) is 0 Å². The SMILES string of the molecule is c1ccc(C2[C@H]3OCCO[C@@H]23)cc1. The Kier molecular flexibility index (Phi) is 1.64. The summed E-state index contributed by atoms with van der Waals surface area (Å²) in [4.78, 5) is 0. The van der Waals surface area contributed by atoms with Crippen LogP contribution in [0.4, 0.5) is 0 Å². The van der Waals surface area contributed by atoms with E-state index in [1.807, 2.05) is 6.07 Å². The van der Waals surface area contributed by atoms with Gasteiger partial charge in [-0.25, -0.2) is 0 Å². The van der Waals surface area contributed by atoms with Crippen molar-refractivity contribution in [3.8, 4) is 0 Å². The van der Waals surface area contributed by atoms with Gasteiger partial charge in [-0.2, -0.15) is 0 Å².